The van der Waals surface area contributed by atoms with Gasteiger partial charge in [-0.2, -0.15) is 5.10 Å². The van der Waals surface area contributed by atoms with E-state index in [9.17, 15) is 9.18 Å². The molecule has 3 heterocycles. The molecule has 0 N–H and O–H groups in total. The Hall–Kier alpha value is -3.81. The van der Waals surface area contributed by atoms with Crippen LogP contribution in [0.5, 0.6) is 0 Å². The summed E-state index contributed by atoms with van der Waals surface area (Å²) in [6.45, 7) is 6.27. The second-order valence-corrected chi connectivity index (χ2v) is 8.21. The van der Waals surface area contributed by atoms with E-state index in [1.165, 1.54) is 17.7 Å². The van der Waals surface area contributed by atoms with Crippen molar-refractivity contribution in [1.29, 1.82) is 0 Å². The Bertz CT molecular complexity index is 1310. The van der Waals surface area contributed by atoms with E-state index >= 15 is 0 Å². The van der Waals surface area contributed by atoms with Crippen molar-refractivity contribution in [3.63, 3.8) is 0 Å². The van der Waals surface area contributed by atoms with E-state index < -0.39 is 5.82 Å². The molecule has 0 atom stereocenters. The molecule has 0 bridgehead atoms. The summed E-state index contributed by atoms with van der Waals surface area (Å²) in [4.78, 5) is 26.2. The van der Waals surface area contributed by atoms with Crippen LogP contribution in [0.2, 0.25) is 0 Å². The normalized spacial score (nSPS) is 14.2. The van der Waals surface area contributed by atoms with E-state index in [1.54, 1.807) is 23.2 Å². The first-order valence-corrected chi connectivity index (χ1v) is 11.2. The van der Waals surface area contributed by atoms with Crippen LogP contribution in [0.3, 0.4) is 0 Å². The molecule has 0 aliphatic carbocycles. The highest BCUT2D eigenvalue weighted by atomic mass is 19.1. The molecule has 4 aromatic rings. The highest BCUT2D eigenvalue weighted by Gasteiger charge is 2.26. The number of aryl methyl sites for hydroxylation is 2. The SMILES string of the molecule is CCc1nc(N2CCN(C(=O)c3ccccc3F)CC2)c2cnn(-c3ccc(C)cc3)c2n1. The van der Waals surface area contributed by atoms with Gasteiger partial charge in [-0.25, -0.2) is 19.0 Å². The summed E-state index contributed by atoms with van der Waals surface area (Å²) in [5.74, 6) is 0.810. The molecule has 5 rings (SSSR count). The van der Waals surface area contributed by atoms with Gasteiger partial charge in [-0.1, -0.05) is 36.8 Å². The number of aromatic nitrogens is 4. The molecule has 8 heteroatoms. The third-order valence-electron chi connectivity index (χ3n) is 6.02. The van der Waals surface area contributed by atoms with Gasteiger partial charge in [0, 0.05) is 32.6 Å². The van der Waals surface area contributed by atoms with Crippen molar-refractivity contribution in [2.75, 3.05) is 31.1 Å². The molecule has 2 aromatic heterocycles. The molecule has 0 saturated carbocycles. The summed E-state index contributed by atoms with van der Waals surface area (Å²) in [7, 11) is 0. The monoisotopic (exact) mass is 444 g/mol. The summed E-state index contributed by atoms with van der Waals surface area (Å²) in [6, 6.07) is 14.3. The predicted octanol–water partition coefficient (Wildman–Crippen LogP) is 3.79. The average Bonchev–Trinajstić information content (AvgIpc) is 3.28. The molecule has 1 aliphatic heterocycles. The summed E-state index contributed by atoms with van der Waals surface area (Å²) < 4.78 is 15.9. The first-order chi connectivity index (χ1) is 16.0. The lowest BCUT2D eigenvalue weighted by molar-refractivity contribution is 0.0742. The van der Waals surface area contributed by atoms with Crippen LogP contribution in [0.15, 0.2) is 54.7 Å². The van der Waals surface area contributed by atoms with E-state index in [1.807, 2.05) is 23.7 Å². The van der Waals surface area contributed by atoms with E-state index in [-0.39, 0.29) is 11.5 Å². The third-order valence-corrected chi connectivity index (χ3v) is 6.02. The number of carbonyl (C=O) groups is 1. The van der Waals surface area contributed by atoms with Crippen molar-refractivity contribution >= 4 is 22.8 Å². The van der Waals surface area contributed by atoms with Crippen molar-refractivity contribution < 1.29 is 9.18 Å². The van der Waals surface area contributed by atoms with Crippen LogP contribution >= 0.6 is 0 Å². The first-order valence-electron chi connectivity index (χ1n) is 11.2. The fraction of sp³-hybridized carbons (Fsp3) is 0.280. The van der Waals surface area contributed by atoms with Gasteiger partial charge in [0.25, 0.3) is 5.91 Å². The smallest absolute Gasteiger partial charge is 0.256 e. The summed E-state index contributed by atoms with van der Waals surface area (Å²) in [6.07, 6.45) is 2.51. The molecule has 1 fully saturated rings. The average molecular weight is 445 g/mol. The zero-order valence-electron chi connectivity index (χ0n) is 18.7. The van der Waals surface area contributed by atoms with Crippen LogP contribution < -0.4 is 4.90 Å². The highest BCUT2D eigenvalue weighted by molar-refractivity contribution is 5.95. The van der Waals surface area contributed by atoms with Crippen molar-refractivity contribution in [1.82, 2.24) is 24.6 Å². The van der Waals surface area contributed by atoms with Gasteiger partial charge in [0.1, 0.15) is 17.5 Å². The number of fused-ring (bicyclic) bond motifs is 1. The lowest BCUT2D eigenvalue weighted by Gasteiger charge is -2.35. The van der Waals surface area contributed by atoms with Gasteiger partial charge in [0.05, 0.1) is 22.8 Å². The molecular weight excluding hydrogens is 419 g/mol. The molecule has 2 aromatic carbocycles. The standard InChI is InChI=1S/C25H25FN6O/c1-3-22-28-23(20-16-27-32(24(20)29-22)18-10-8-17(2)9-11-18)30-12-14-31(15-13-30)25(33)19-6-4-5-7-21(19)26/h4-11,16H,3,12-15H2,1-2H3. The van der Waals surface area contributed by atoms with Crippen molar-refractivity contribution in [3.05, 3.63) is 77.5 Å². The van der Waals surface area contributed by atoms with Crippen molar-refractivity contribution in [3.8, 4) is 5.69 Å². The number of rotatable bonds is 4. The second kappa shape index (κ2) is 8.61. The lowest BCUT2D eigenvalue weighted by atomic mass is 10.1. The Morgan fingerprint density at radius 2 is 1.73 bits per heavy atom. The highest BCUT2D eigenvalue weighted by Crippen LogP contribution is 2.27. The molecule has 0 spiro atoms. The Labute approximate surface area is 191 Å². The maximum absolute atomic E-state index is 14.1. The number of anilines is 1. The molecule has 0 radical (unpaired) electrons. The molecule has 7 nitrogen and oxygen atoms in total. The molecule has 33 heavy (non-hydrogen) atoms. The molecule has 0 unspecified atom stereocenters. The predicted molar refractivity (Wildman–Crippen MR) is 125 cm³/mol. The van der Waals surface area contributed by atoms with Gasteiger partial charge in [-0.3, -0.25) is 4.79 Å². The van der Waals surface area contributed by atoms with Crippen LogP contribution in [0, 0.1) is 12.7 Å². The fourth-order valence-electron chi connectivity index (χ4n) is 4.14. The summed E-state index contributed by atoms with van der Waals surface area (Å²) in [5, 5.41) is 5.48. The van der Waals surface area contributed by atoms with Gasteiger partial charge in [0.2, 0.25) is 0 Å². The zero-order chi connectivity index (χ0) is 22.9. The van der Waals surface area contributed by atoms with Crippen molar-refractivity contribution in [2.24, 2.45) is 0 Å². The Morgan fingerprint density at radius 3 is 2.42 bits per heavy atom. The number of nitrogens with zero attached hydrogens (tertiary/aromatic N) is 6. The number of piperazine rings is 1. The second-order valence-electron chi connectivity index (χ2n) is 8.21. The third kappa shape index (κ3) is 3.92. The van der Waals surface area contributed by atoms with Crippen LogP contribution in [-0.4, -0.2) is 56.7 Å². The lowest BCUT2D eigenvalue weighted by Crippen LogP contribution is -2.49. The zero-order valence-corrected chi connectivity index (χ0v) is 18.7. The van der Waals surface area contributed by atoms with Gasteiger partial charge in [0.15, 0.2) is 5.65 Å². The minimum atomic E-state index is -0.487. The van der Waals surface area contributed by atoms with E-state index in [2.05, 4.69) is 29.1 Å². The molecule has 1 amide bonds. The quantitative estimate of drug-likeness (QED) is 0.479. The number of carbonyl (C=O) groups excluding carboxylic acids is 1. The minimum absolute atomic E-state index is 0.114. The molecule has 1 aliphatic rings. The molecular formula is C25H25FN6O. The van der Waals surface area contributed by atoms with Crippen LogP contribution in [0.25, 0.3) is 16.7 Å². The minimum Gasteiger partial charge on any atom is -0.352 e. The summed E-state index contributed by atoms with van der Waals surface area (Å²) in [5.41, 5.74) is 3.01. The van der Waals surface area contributed by atoms with Gasteiger partial charge in [-0.05, 0) is 31.2 Å². The Morgan fingerprint density at radius 1 is 1.00 bits per heavy atom. The number of amides is 1. The van der Waals surface area contributed by atoms with Gasteiger partial charge >= 0.3 is 0 Å². The maximum Gasteiger partial charge on any atom is 0.256 e. The van der Waals surface area contributed by atoms with Crippen LogP contribution in [-0.2, 0) is 6.42 Å². The number of benzene rings is 2. The van der Waals surface area contributed by atoms with Crippen molar-refractivity contribution in [2.45, 2.75) is 20.3 Å². The summed E-state index contributed by atoms with van der Waals surface area (Å²) >= 11 is 0. The largest absolute Gasteiger partial charge is 0.352 e. The molecule has 168 valence electrons. The molecule has 1 saturated heterocycles. The topological polar surface area (TPSA) is 67.2 Å². The Kier molecular flexibility index (Phi) is 5.50. The van der Waals surface area contributed by atoms with E-state index in [0.717, 1.165) is 28.4 Å². The van der Waals surface area contributed by atoms with E-state index in [4.69, 9.17) is 9.97 Å². The number of hydrogen-bond donors (Lipinski definition) is 0. The fourth-order valence-corrected chi connectivity index (χ4v) is 4.14. The Balaban J connectivity index is 1.43. The van der Waals surface area contributed by atoms with Crippen LogP contribution in [0.1, 0.15) is 28.7 Å². The van der Waals surface area contributed by atoms with Gasteiger partial charge in [-0.15, -0.1) is 0 Å². The first kappa shape index (κ1) is 21.1. The maximum atomic E-state index is 14.1. The van der Waals surface area contributed by atoms with Crippen LogP contribution in [0.4, 0.5) is 10.2 Å². The van der Waals surface area contributed by atoms with Gasteiger partial charge < -0.3 is 9.80 Å². The van der Waals surface area contributed by atoms with E-state index in [0.29, 0.717) is 32.6 Å². The number of halogens is 1. The number of hydrogen-bond acceptors (Lipinski definition) is 5.